The van der Waals surface area contributed by atoms with E-state index in [-0.39, 0.29) is 12.0 Å². The third-order valence-corrected chi connectivity index (χ3v) is 7.52. The molecular weight excluding hydrogens is 408 g/mol. The lowest BCUT2D eigenvalue weighted by molar-refractivity contribution is -0.134. The first kappa shape index (κ1) is 22.5. The highest BCUT2D eigenvalue weighted by Crippen LogP contribution is 2.29. The predicted octanol–water partition coefficient (Wildman–Crippen LogP) is 1.62. The van der Waals surface area contributed by atoms with Gasteiger partial charge < -0.3 is 15.3 Å². The van der Waals surface area contributed by atoms with Crippen LogP contribution in [-0.4, -0.2) is 60.0 Å². The Bertz CT molecular complexity index is 928. The molecule has 1 aliphatic rings. The zero-order valence-electron chi connectivity index (χ0n) is 15.8. The van der Waals surface area contributed by atoms with Gasteiger partial charge in [0.2, 0.25) is 5.91 Å². The number of amides is 2. The van der Waals surface area contributed by atoms with Crippen molar-refractivity contribution in [3.05, 3.63) is 35.6 Å². The largest absolute Gasteiger partial charge is 0.465 e. The highest BCUT2D eigenvalue weighted by atomic mass is 32.2. The summed E-state index contributed by atoms with van der Waals surface area (Å²) in [5.74, 6) is -2.12. The van der Waals surface area contributed by atoms with Crippen LogP contribution in [0.5, 0.6) is 0 Å². The van der Waals surface area contributed by atoms with E-state index in [9.17, 15) is 26.8 Å². The minimum absolute atomic E-state index is 0.231. The van der Waals surface area contributed by atoms with Crippen LogP contribution < -0.4 is 5.32 Å². The number of halogens is 2. The molecule has 2 N–H and O–H groups in total. The average molecular weight is 429 g/mol. The zero-order chi connectivity index (χ0) is 22.0. The van der Waals surface area contributed by atoms with Gasteiger partial charge in [0, 0.05) is 6.42 Å². The quantitative estimate of drug-likeness (QED) is 0.707. The Morgan fingerprint density at radius 3 is 2.48 bits per heavy atom. The van der Waals surface area contributed by atoms with Crippen molar-refractivity contribution < 1.29 is 31.9 Å². The summed E-state index contributed by atoms with van der Waals surface area (Å²) in [6.07, 6.45) is -3.34. The molecule has 0 bridgehead atoms. The van der Waals surface area contributed by atoms with Crippen molar-refractivity contribution >= 4 is 21.8 Å². The van der Waals surface area contributed by atoms with E-state index in [0.29, 0.717) is 0 Å². The highest BCUT2D eigenvalue weighted by molar-refractivity contribution is 7.92. The van der Waals surface area contributed by atoms with Crippen molar-refractivity contribution in [3.8, 4) is 6.07 Å². The van der Waals surface area contributed by atoms with Crippen LogP contribution in [0.3, 0.4) is 0 Å². The number of sulfone groups is 1. The summed E-state index contributed by atoms with van der Waals surface area (Å²) < 4.78 is 50.9. The molecule has 0 aliphatic carbocycles. The number of nitrogens with one attached hydrogen (secondary N) is 1. The van der Waals surface area contributed by atoms with E-state index in [1.165, 1.54) is 26.0 Å². The molecule has 1 aromatic rings. The molecule has 0 aromatic heterocycles. The average Bonchev–Trinajstić information content (AvgIpc) is 3.01. The van der Waals surface area contributed by atoms with Crippen LogP contribution in [0.25, 0.3) is 0 Å². The molecule has 0 radical (unpaired) electrons. The summed E-state index contributed by atoms with van der Waals surface area (Å²) in [7, 11) is -4.16. The second-order valence-corrected chi connectivity index (χ2v) is 9.91. The van der Waals surface area contributed by atoms with Crippen LogP contribution in [0.2, 0.25) is 0 Å². The number of alkyl halides is 1. The Labute approximate surface area is 167 Å². The number of benzene rings is 1. The summed E-state index contributed by atoms with van der Waals surface area (Å²) in [5.41, 5.74) is 0.251. The third kappa shape index (κ3) is 4.82. The Morgan fingerprint density at radius 2 is 1.97 bits per heavy atom. The number of nitrogens with zero attached hydrogens (tertiary/aromatic N) is 2. The SMILES string of the molecule is CC(C)([C@H](NC(=O)O)C(=O)N1C[C@@H](F)C[C@H]1C#N)S(=O)(=O)Cc1ccc(F)cc1. The van der Waals surface area contributed by atoms with E-state index >= 15 is 0 Å². The van der Waals surface area contributed by atoms with Gasteiger partial charge >= 0.3 is 6.09 Å². The minimum Gasteiger partial charge on any atom is -0.465 e. The van der Waals surface area contributed by atoms with Gasteiger partial charge in [-0.25, -0.2) is 22.0 Å². The minimum atomic E-state index is -4.16. The molecule has 1 aliphatic heterocycles. The molecular formula is C18H21F2N3O5S. The molecule has 0 spiro atoms. The number of nitriles is 1. The van der Waals surface area contributed by atoms with Gasteiger partial charge in [-0.3, -0.25) is 4.79 Å². The second-order valence-electron chi connectivity index (χ2n) is 7.34. The lowest BCUT2D eigenvalue weighted by Crippen LogP contribution is -2.61. The summed E-state index contributed by atoms with van der Waals surface area (Å²) >= 11 is 0. The summed E-state index contributed by atoms with van der Waals surface area (Å²) in [6, 6.07) is 3.58. The Kier molecular flexibility index (Phi) is 6.47. The molecule has 29 heavy (non-hydrogen) atoms. The molecule has 1 saturated heterocycles. The topological polar surface area (TPSA) is 128 Å². The fourth-order valence-electron chi connectivity index (χ4n) is 3.14. The standard InChI is InChI=1S/C18H21F2N3O5S/c1-18(2,29(27,28)10-11-3-5-12(19)6-4-11)15(22-17(25)26)16(24)23-9-13(20)7-14(23)8-21/h3-6,13-15,22H,7,9-10H2,1-2H3,(H,25,26)/t13-,14-,15+/m0/s1. The van der Waals surface area contributed by atoms with E-state index in [0.717, 1.165) is 17.0 Å². The predicted molar refractivity (Wildman–Crippen MR) is 98.7 cm³/mol. The van der Waals surface area contributed by atoms with Gasteiger partial charge in [0.15, 0.2) is 9.84 Å². The Balaban J connectivity index is 2.38. The molecule has 1 heterocycles. The normalized spacial score (nSPS) is 20.7. The maximum atomic E-state index is 13.7. The van der Waals surface area contributed by atoms with Crippen molar-refractivity contribution in [1.82, 2.24) is 10.2 Å². The van der Waals surface area contributed by atoms with Gasteiger partial charge in [0.1, 0.15) is 24.1 Å². The van der Waals surface area contributed by atoms with Crippen LogP contribution in [0, 0.1) is 17.1 Å². The third-order valence-electron chi connectivity index (χ3n) is 4.96. The van der Waals surface area contributed by atoms with Crippen molar-refractivity contribution in [1.29, 1.82) is 5.26 Å². The zero-order valence-corrected chi connectivity index (χ0v) is 16.6. The van der Waals surface area contributed by atoms with Crippen molar-refractivity contribution in [2.75, 3.05) is 6.54 Å². The lowest BCUT2D eigenvalue weighted by atomic mass is 10.0. The number of hydrogen-bond donors (Lipinski definition) is 2. The molecule has 8 nitrogen and oxygen atoms in total. The molecule has 2 rings (SSSR count). The first-order valence-corrected chi connectivity index (χ1v) is 10.3. The van der Waals surface area contributed by atoms with Crippen LogP contribution in [0.15, 0.2) is 24.3 Å². The number of hydrogen-bond acceptors (Lipinski definition) is 5. The molecule has 0 unspecified atom stereocenters. The van der Waals surface area contributed by atoms with E-state index in [1.54, 1.807) is 6.07 Å². The van der Waals surface area contributed by atoms with E-state index in [1.807, 2.05) is 5.32 Å². The van der Waals surface area contributed by atoms with Crippen molar-refractivity contribution in [3.63, 3.8) is 0 Å². The van der Waals surface area contributed by atoms with Crippen LogP contribution >= 0.6 is 0 Å². The molecule has 3 atom stereocenters. The highest BCUT2D eigenvalue weighted by Gasteiger charge is 2.50. The fraction of sp³-hybridized carbons (Fsp3) is 0.500. The number of carbonyl (C=O) groups is 2. The maximum Gasteiger partial charge on any atom is 0.405 e. The van der Waals surface area contributed by atoms with Gasteiger partial charge in [-0.05, 0) is 31.5 Å². The summed E-state index contributed by atoms with van der Waals surface area (Å²) in [4.78, 5) is 25.1. The van der Waals surface area contributed by atoms with Crippen molar-refractivity contribution in [2.45, 2.75) is 49.0 Å². The summed E-state index contributed by atoms with van der Waals surface area (Å²) in [6.45, 7) is 1.92. The smallest absolute Gasteiger partial charge is 0.405 e. The molecule has 0 saturated carbocycles. The first-order valence-electron chi connectivity index (χ1n) is 8.69. The van der Waals surface area contributed by atoms with Gasteiger partial charge in [0.25, 0.3) is 0 Å². The molecule has 1 fully saturated rings. The van der Waals surface area contributed by atoms with E-state index < -0.39 is 63.0 Å². The molecule has 158 valence electrons. The van der Waals surface area contributed by atoms with Gasteiger partial charge in [-0.1, -0.05) is 12.1 Å². The monoisotopic (exact) mass is 429 g/mol. The van der Waals surface area contributed by atoms with Gasteiger partial charge in [-0.2, -0.15) is 5.26 Å². The molecule has 1 aromatic carbocycles. The Hall–Kier alpha value is -2.74. The lowest BCUT2D eigenvalue weighted by Gasteiger charge is -2.35. The van der Waals surface area contributed by atoms with Gasteiger partial charge in [0.05, 0.1) is 23.1 Å². The number of carbonyl (C=O) groups excluding carboxylic acids is 1. The van der Waals surface area contributed by atoms with Gasteiger partial charge in [-0.15, -0.1) is 0 Å². The molecule has 2 amide bonds. The first-order chi connectivity index (χ1) is 13.4. The van der Waals surface area contributed by atoms with Crippen LogP contribution in [0.1, 0.15) is 25.8 Å². The van der Waals surface area contributed by atoms with E-state index in [4.69, 9.17) is 10.4 Å². The molecule has 11 heteroatoms. The van der Waals surface area contributed by atoms with Crippen LogP contribution in [0.4, 0.5) is 13.6 Å². The fourth-order valence-corrected chi connectivity index (χ4v) is 4.66. The number of likely N-dealkylation sites (tertiary alicyclic amines) is 1. The number of rotatable bonds is 6. The van der Waals surface area contributed by atoms with Crippen LogP contribution in [-0.2, 0) is 20.4 Å². The second kappa shape index (κ2) is 8.32. The Morgan fingerprint density at radius 1 is 1.38 bits per heavy atom. The summed E-state index contributed by atoms with van der Waals surface area (Å²) in [5, 5.41) is 20.2. The maximum absolute atomic E-state index is 13.7. The van der Waals surface area contributed by atoms with Crippen molar-refractivity contribution in [2.24, 2.45) is 0 Å². The van der Waals surface area contributed by atoms with E-state index in [2.05, 4.69) is 0 Å². The number of carboxylic acid groups (broad SMARTS) is 1.